The Balaban J connectivity index is 0. The number of rotatable bonds is 17. The van der Waals surface area contributed by atoms with E-state index in [4.69, 9.17) is 9.47 Å². The van der Waals surface area contributed by atoms with Crippen LogP contribution in [-0.4, -0.2) is 57.8 Å². The van der Waals surface area contributed by atoms with E-state index in [0.717, 1.165) is 38.5 Å². The van der Waals surface area contributed by atoms with Crippen molar-refractivity contribution in [3.05, 3.63) is 0 Å². The van der Waals surface area contributed by atoms with Crippen LogP contribution >= 0.6 is 25.3 Å². The van der Waals surface area contributed by atoms with Crippen molar-refractivity contribution in [2.24, 2.45) is 0 Å². The van der Waals surface area contributed by atoms with Gasteiger partial charge in [0.05, 0.1) is 24.7 Å². The van der Waals surface area contributed by atoms with Gasteiger partial charge in [-0.3, -0.25) is 9.59 Å². The fourth-order valence-electron chi connectivity index (χ4n) is 2.10. The summed E-state index contributed by atoms with van der Waals surface area (Å²) in [6.45, 7) is 5.55. The Kier molecular flexibility index (Phi) is 29.0. The van der Waals surface area contributed by atoms with Crippen molar-refractivity contribution in [1.82, 2.24) is 0 Å². The van der Waals surface area contributed by atoms with Gasteiger partial charge in [0.1, 0.15) is 0 Å². The summed E-state index contributed by atoms with van der Waals surface area (Å²) in [5.41, 5.74) is 0. The van der Waals surface area contributed by atoms with Gasteiger partial charge in [-0.05, 0) is 12.8 Å². The molecule has 27 heavy (non-hydrogen) atoms. The van der Waals surface area contributed by atoms with Crippen LogP contribution in [0.1, 0.15) is 78.1 Å². The minimum absolute atomic E-state index is 0.144. The molecule has 0 fully saturated rings. The van der Waals surface area contributed by atoms with Gasteiger partial charge in [0, 0.05) is 0 Å². The van der Waals surface area contributed by atoms with E-state index in [2.05, 4.69) is 39.1 Å². The molecular formula is C20H40O4S2Sn. The summed E-state index contributed by atoms with van der Waals surface area (Å²) < 4.78 is 13.0. The summed E-state index contributed by atoms with van der Waals surface area (Å²) in [5.74, 6) is -0.232. The van der Waals surface area contributed by atoms with Crippen LogP contribution in [0.25, 0.3) is 0 Å². The van der Waals surface area contributed by atoms with Gasteiger partial charge >= 0.3 is 81.5 Å². The molecule has 0 aliphatic carbocycles. The van der Waals surface area contributed by atoms with Crippen LogP contribution in [0.3, 0.4) is 0 Å². The van der Waals surface area contributed by atoms with E-state index in [1.54, 1.807) is 8.87 Å². The molecule has 0 N–H and O–H groups in total. The number of ether oxygens (including phenoxy) is 2. The molecule has 0 aliphatic heterocycles. The molecule has 0 bridgehead atoms. The number of hydrogen-bond donors (Lipinski definition) is 2. The van der Waals surface area contributed by atoms with Gasteiger partial charge in [-0.1, -0.05) is 25.7 Å². The largest absolute Gasteiger partial charge is 0.465 e. The van der Waals surface area contributed by atoms with E-state index in [1.807, 2.05) is 0 Å². The van der Waals surface area contributed by atoms with E-state index in [1.165, 1.54) is 25.7 Å². The summed E-state index contributed by atoms with van der Waals surface area (Å²) in [5, 5.41) is 0. The quantitative estimate of drug-likeness (QED) is 0.115. The van der Waals surface area contributed by atoms with E-state index in [-0.39, 0.29) is 44.6 Å². The van der Waals surface area contributed by atoms with Gasteiger partial charge in [-0.15, -0.1) is 0 Å². The fourth-order valence-corrected chi connectivity index (χ4v) is 6.44. The van der Waals surface area contributed by atoms with Crippen molar-refractivity contribution in [2.75, 3.05) is 24.7 Å². The first-order valence-corrected chi connectivity index (χ1v) is 15.7. The average Bonchev–Trinajstić information content (AvgIpc) is 2.69. The summed E-state index contributed by atoms with van der Waals surface area (Å²) in [7, 11) is 0. The number of hydrogen-bond acceptors (Lipinski definition) is 6. The van der Waals surface area contributed by atoms with Gasteiger partial charge in [0.2, 0.25) is 0 Å². The SMILES string of the molecule is CCC[CH2][Sn][CH2]CCC.O=C(CS)OCCCCCCCCOC(=O)CS. The summed E-state index contributed by atoms with van der Waals surface area (Å²) in [4.78, 5) is 21.5. The fraction of sp³-hybridized carbons (Fsp3) is 0.900. The summed E-state index contributed by atoms with van der Waals surface area (Å²) >= 11 is 7.78. The predicted molar refractivity (Wildman–Crippen MR) is 123 cm³/mol. The van der Waals surface area contributed by atoms with Crippen molar-refractivity contribution >= 4 is 58.3 Å². The van der Waals surface area contributed by atoms with Crippen LogP contribution in [0.2, 0.25) is 8.87 Å². The maximum absolute atomic E-state index is 10.8. The van der Waals surface area contributed by atoms with Crippen molar-refractivity contribution < 1.29 is 19.1 Å². The Labute approximate surface area is 188 Å². The number of thiol groups is 2. The van der Waals surface area contributed by atoms with Crippen molar-refractivity contribution in [2.45, 2.75) is 86.9 Å². The molecule has 0 spiro atoms. The third kappa shape index (κ3) is 28.7. The topological polar surface area (TPSA) is 52.6 Å². The molecule has 0 saturated carbocycles. The van der Waals surface area contributed by atoms with Crippen molar-refractivity contribution in [3.63, 3.8) is 0 Å². The monoisotopic (exact) mass is 528 g/mol. The van der Waals surface area contributed by atoms with Crippen LogP contribution < -0.4 is 0 Å². The van der Waals surface area contributed by atoms with Crippen molar-refractivity contribution in [3.8, 4) is 0 Å². The minimum Gasteiger partial charge on any atom is -0.465 e. The number of esters is 2. The Morgan fingerprint density at radius 3 is 1.37 bits per heavy atom. The second kappa shape index (κ2) is 26.4. The Hall–Kier alpha value is 0.439. The minimum atomic E-state index is -0.260. The number of unbranched alkanes of at least 4 members (excludes halogenated alkanes) is 7. The van der Waals surface area contributed by atoms with Gasteiger partial charge in [-0.2, -0.15) is 25.3 Å². The van der Waals surface area contributed by atoms with Crippen LogP contribution in [-0.2, 0) is 19.1 Å². The molecule has 0 heterocycles. The van der Waals surface area contributed by atoms with Crippen LogP contribution in [0.15, 0.2) is 0 Å². The zero-order valence-corrected chi connectivity index (χ0v) is 22.0. The molecule has 4 nitrogen and oxygen atoms in total. The molecule has 0 amide bonds. The molecule has 7 heteroatoms. The molecule has 0 rings (SSSR count). The van der Waals surface area contributed by atoms with E-state index < -0.39 is 0 Å². The predicted octanol–water partition coefficient (Wildman–Crippen LogP) is 5.40. The van der Waals surface area contributed by atoms with Gasteiger partial charge in [-0.25, -0.2) is 0 Å². The molecule has 0 unspecified atom stereocenters. The second-order valence-electron chi connectivity index (χ2n) is 6.34. The molecule has 160 valence electrons. The molecular weight excluding hydrogens is 487 g/mol. The maximum atomic E-state index is 10.8. The molecule has 0 aliphatic rings. The van der Waals surface area contributed by atoms with Gasteiger partial charge in [0.25, 0.3) is 0 Å². The first-order chi connectivity index (χ1) is 13.1. The summed E-state index contributed by atoms with van der Waals surface area (Å²) in [6.07, 6.45) is 12.0. The molecule has 0 aromatic rings. The normalized spacial score (nSPS) is 10.1. The Morgan fingerprint density at radius 2 is 1.04 bits per heavy atom. The molecule has 2 radical (unpaired) electrons. The maximum Gasteiger partial charge on any atom is 0.315 e. The number of carbonyl (C=O) groups excluding carboxylic acids is 2. The third-order valence-electron chi connectivity index (χ3n) is 3.74. The van der Waals surface area contributed by atoms with Crippen molar-refractivity contribution in [1.29, 1.82) is 0 Å². The van der Waals surface area contributed by atoms with Crippen LogP contribution in [0, 0.1) is 0 Å². The molecule has 0 atom stereocenters. The third-order valence-corrected chi connectivity index (χ3v) is 8.29. The first-order valence-electron chi connectivity index (χ1n) is 10.4. The van der Waals surface area contributed by atoms with E-state index >= 15 is 0 Å². The average molecular weight is 527 g/mol. The van der Waals surface area contributed by atoms with E-state index in [9.17, 15) is 9.59 Å². The van der Waals surface area contributed by atoms with Crippen LogP contribution in [0.5, 0.6) is 0 Å². The van der Waals surface area contributed by atoms with Gasteiger partial charge in [0.15, 0.2) is 0 Å². The zero-order valence-electron chi connectivity index (χ0n) is 17.3. The first kappa shape index (κ1) is 29.6. The molecule has 0 aromatic heterocycles. The van der Waals surface area contributed by atoms with Gasteiger partial charge < -0.3 is 9.47 Å². The second-order valence-corrected chi connectivity index (χ2v) is 11.2. The number of carbonyl (C=O) groups is 2. The Morgan fingerprint density at radius 1 is 0.667 bits per heavy atom. The standard InChI is InChI=1S/C12H22O4S2.2C4H9.Sn/c13-11(9-17)15-7-5-3-1-2-4-6-8-16-12(14)10-18;2*1-3-4-2;/h17-18H,1-10H2;2*1,3-4H2,2H3;. The van der Waals surface area contributed by atoms with E-state index in [0.29, 0.717) is 13.2 Å². The molecule has 0 aromatic carbocycles. The smallest absolute Gasteiger partial charge is 0.315 e. The zero-order chi connectivity index (χ0) is 20.6. The van der Waals surface area contributed by atoms with Crippen LogP contribution in [0.4, 0.5) is 0 Å². The summed E-state index contributed by atoms with van der Waals surface area (Å²) in [6, 6.07) is 0. The Bertz CT molecular complexity index is 301. The molecule has 0 saturated heterocycles.